The van der Waals surface area contributed by atoms with E-state index < -0.39 is 43.8 Å². The first kappa shape index (κ1) is 36.1. The van der Waals surface area contributed by atoms with E-state index in [1.54, 1.807) is 12.1 Å². The Labute approximate surface area is 303 Å². The molecule has 1 aliphatic rings. The van der Waals surface area contributed by atoms with Crippen LogP contribution in [0.15, 0.2) is 152 Å². The Hall–Kier alpha value is -3.67. The number of ether oxygens (including phenoxy) is 5. The Balaban J connectivity index is 1.38. The molecule has 6 atom stereocenters. The molecule has 6 rings (SSSR count). The fourth-order valence-corrected chi connectivity index (χ4v) is 8.54. The Morgan fingerprint density at radius 3 is 1.36 bits per heavy atom. The minimum Gasteiger partial charge on any atom is -0.374 e. The summed E-state index contributed by atoms with van der Waals surface area (Å²) in [5.74, 6) is 0. The van der Waals surface area contributed by atoms with Crippen molar-refractivity contribution in [3.05, 3.63) is 179 Å². The third-order valence-corrected chi connectivity index (χ3v) is 12.5. The topological polar surface area (TPSA) is 80.3 Å². The lowest BCUT2D eigenvalue weighted by molar-refractivity contribution is -0.256. The predicted octanol–water partition coefficient (Wildman–Crippen LogP) is 8.19. The summed E-state index contributed by atoms with van der Waals surface area (Å²) >= 11 is 3.52. The average molecular weight is 758 g/mol. The lowest BCUT2D eigenvalue weighted by Gasteiger charge is -2.46. The molecule has 0 aliphatic carbocycles. The lowest BCUT2D eigenvalue weighted by Crippen LogP contribution is -2.63. The number of hydrogen-bond donors (Lipinski definition) is 0. The van der Waals surface area contributed by atoms with Gasteiger partial charge in [-0.1, -0.05) is 168 Å². The van der Waals surface area contributed by atoms with Crippen LogP contribution in [0.2, 0.25) is 0 Å². The van der Waals surface area contributed by atoms with Gasteiger partial charge in [-0.05, 0) is 27.8 Å². The van der Waals surface area contributed by atoms with E-state index in [0.29, 0.717) is 12.2 Å². The van der Waals surface area contributed by atoms with E-state index in [1.165, 1.54) is 0 Å². The van der Waals surface area contributed by atoms with Gasteiger partial charge >= 0.3 is 0 Å². The van der Waals surface area contributed by atoms with Crippen molar-refractivity contribution in [2.75, 3.05) is 6.61 Å². The number of hydrogen-bond acceptors (Lipinski definition) is 7. The molecule has 0 spiro atoms. The summed E-state index contributed by atoms with van der Waals surface area (Å²) in [5.41, 5.74) is 2.93. The largest absolute Gasteiger partial charge is 0.374 e. The van der Waals surface area contributed by atoms with Crippen molar-refractivity contribution in [3.63, 3.8) is 0 Å². The first-order valence-electron chi connectivity index (χ1n) is 16.6. The molecule has 1 fully saturated rings. The van der Waals surface area contributed by atoms with Crippen LogP contribution in [0.3, 0.4) is 0 Å². The van der Waals surface area contributed by atoms with Crippen molar-refractivity contribution in [1.29, 1.82) is 0 Å². The zero-order chi connectivity index (χ0) is 34.6. The van der Waals surface area contributed by atoms with Gasteiger partial charge < -0.3 is 23.7 Å². The Bertz CT molecular complexity index is 1810. The summed E-state index contributed by atoms with van der Waals surface area (Å²) in [6.07, 6.45) is -3.46. The molecule has 50 heavy (non-hydrogen) atoms. The summed E-state index contributed by atoms with van der Waals surface area (Å²) in [6, 6.07) is 48.1. The molecular weight excluding hydrogens is 716 g/mol. The Morgan fingerprint density at radius 1 is 0.520 bits per heavy atom. The average Bonchev–Trinajstić information content (AvgIpc) is 3.17. The van der Waals surface area contributed by atoms with Crippen molar-refractivity contribution >= 4 is 25.8 Å². The van der Waals surface area contributed by atoms with Crippen LogP contribution < -0.4 is 0 Å². The first-order chi connectivity index (χ1) is 24.5. The van der Waals surface area contributed by atoms with E-state index in [1.807, 2.05) is 140 Å². The molecule has 0 radical (unpaired) electrons. The third kappa shape index (κ3) is 9.56. The molecular formula is C41H41BrO7S. The normalized spacial score (nSPS) is 21.4. The van der Waals surface area contributed by atoms with Gasteiger partial charge in [0.25, 0.3) is 0 Å². The van der Waals surface area contributed by atoms with E-state index in [4.69, 9.17) is 23.7 Å². The maximum Gasteiger partial charge on any atom is 0.196 e. The van der Waals surface area contributed by atoms with Gasteiger partial charge in [-0.15, -0.1) is 0 Å². The van der Waals surface area contributed by atoms with Crippen LogP contribution in [0, 0.1) is 0 Å². The van der Waals surface area contributed by atoms with Gasteiger partial charge in [0.1, 0.15) is 28.6 Å². The number of sulfone groups is 1. The molecule has 1 saturated heterocycles. The molecule has 5 aromatic carbocycles. The van der Waals surface area contributed by atoms with E-state index in [-0.39, 0.29) is 26.4 Å². The van der Waals surface area contributed by atoms with Gasteiger partial charge in [-0.2, -0.15) is 0 Å². The standard InChI is InChI=1S/C41H41BrO7S/c42-40(35-24-14-5-15-25-35)50(43,44)41-39(48-29-34-22-12-4-13-23-34)38(47-28-33-20-10-3-11-21-33)37(46-27-32-18-8-2-9-19-32)36(49-41)30-45-26-31-16-6-1-7-17-31/h1-25,36-41H,26-30H2/t36-,37-,38+,39-,40-,41-/m1/s1. The van der Waals surface area contributed by atoms with Crippen molar-refractivity contribution < 1.29 is 32.1 Å². The number of alkyl halides is 1. The quantitative estimate of drug-likeness (QED) is 0.0940. The van der Waals surface area contributed by atoms with Crippen LogP contribution in [0.1, 0.15) is 32.0 Å². The van der Waals surface area contributed by atoms with Gasteiger partial charge in [0.15, 0.2) is 15.3 Å². The van der Waals surface area contributed by atoms with Crippen molar-refractivity contribution in [1.82, 2.24) is 0 Å². The second-order valence-corrected chi connectivity index (χ2v) is 15.8. The van der Waals surface area contributed by atoms with Gasteiger partial charge in [0.05, 0.1) is 33.0 Å². The summed E-state index contributed by atoms with van der Waals surface area (Å²) in [7, 11) is -4.11. The molecule has 1 heterocycles. The zero-order valence-electron chi connectivity index (χ0n) is 27.6. The molecule has 5 aromatic rings. The number of benzene rings is 5. The molecule has 0 N–H and O–H groups in total. The molecule has 260 valence electrons. The highest BCUT2D eigenvalue weighted by atomic mass is 79.9. The highest BCUT2D eigenvalue weighted by Crippen LogP contribution is 2.40. The fraction of sp³-hybridized carbons (Fsp3) is 0.268. The summed E-state index contributed by atoms with van der Waals surface area (Å²) in [5, 5.41) is 0. The highest BCUT2D eigenvalue weighted by Gasteiger charge is 2.54. The molecule has 0 aromatic heterocycles. The summed E-state index contributed by atoms with van der Waals surface area (Å²) in [4.78, 5) is 0. The van der Waals surface area contributed by atoms with Gasteiger partial charge in [0, 0.05) is 0 Å². The smallest absolute Gasteiger partial charge is 0.196 e. The maximum atomic E-state index is 14.7. The van der Waals surface area contributed by atoms with Crippen LogP contribution in [0.5, 0.6) is 0 Å². The molecule has 7 nitrogen and oxygen atoms in total. The zero-order valence-corrected chi connectivity index (χ0v) is 30.0. The number of halogens is 1. The Kier molecular flexibility index (Phi) is 13.0. The van der Waals surface area contributed by atoms with E-state index >= 15 is 0 Å². The monoisotopic (exact) mass is 756 g/mol. The molecule has 0 unspecified atom stereocenters. The second-order valence-electron chi connectivity index (χ2n) is 12.1. The highest BCUT2D eigenvalue weighted by molar-refractivity contribution is 9.10. The molecule has 0 amide bonds. The molecule has 1 aliphatic heterocycles. The summed E-state index contributed by atoms with van der Waals surface area (Å²) in [6.45, 7) is 0.990. The minimum absolute atomic E-state index is 0.0647. The van der Waals surface area contributed by atoms with E-state index in [0.717, 1.165) is 22.3 Å². The third-order valence-electron chi connectivity index (χ3n) is 8.51. The Morgan fingerprint density at radius 2 is 0.900 bits per heavy atom. The van der Waals surface area contributed by atoms with Gasteiger partial charge in [-0.3, -0.25) is 0 Å². The fourth-order valence-electron chi connectivity index (χ4n) is 5.92. The first-order valence-corrected chi connectivity index (χ1v) is 19.2. The summed E-state index contributed by atoms with van der Waals surface area (Å²) < 4.78 is 61.1. The minimum atomic E-state index is -4.11. The molecule has 0 bridgehead atoms. The SMILES string of the molecule is O=S(=O)([C@@H](Br)c1ccccc1)[C@H]1O[C@H](COCc2ccccc2)[C@@H](OCc2ccccc2)[C@H](OCc2ccccc2)[C@H]1OCc1ccccc1. The van der Waals surface area contributed by atoms with Crippen molar-refractivity contribution in [2.24, 2.45) is 0 Å². The van der Waals surface area contributed by atoms with Crippen molar-refractivity contribution in [2.45, 2.75) is 60.4 Å². The molecule has 9 heteroatoms. The van der Waals surface area contributed by atoms with Crippen LogP contribution in [0.25, 0.3) is 0 Å². The molecule has 0 saturated carbocycles. The van der Waals surface area contributed by atoms with Crippen LogP contribution >= 0.6 is 15.9 Å². The predicted molar refractivity (Wildman–Crippen MR) is 197 cm³/mol. The van der Waals surface area contributed by atoms with Gasteiger partial charge in [0.2, 0.25) is 0 Å². The van der Waals surface area contributed by atoms with E-state index in [9.17, 15) is 8.42 Å². The maximum absolute atomic E-state index is 14.7. The van der Waals surface area contributed by atoms with Crippen LogP contribution in [-0.2, 0) is 59.9 Å². The van der Waals surface area contributed by atoms with E-state index in [2.05, 4.69) is 15.9 Å². The second kappa shape index (κ2) is 18.0. The van der Waals surface area contributed by atoms with Crippen LogP contribution in [0.4, 0.5) is 0 Å². The van der Waals surface area contributed by atoms with Crippen LogP contribution in [-0.4, -0.2) is 44.9 Å². The van der Waals surface area contributed by atoms with Crippen molar-refractivity contribution in [3.8, 4) is 0 Å². The lowest BCUT2D eigenvalue weighted by atomic mass is 9.98. The number of rotatable bonds is 16. The van der Waals surface area contributed by atoms with Gasteiger partial charge in [-0.25, -0.2) is 8.42 Å².